The van der Waals surface area contributed by atoms with Gasteiger partial charge in [0.2, 0.25) is 0 Å². The lowest BCUT2D eigenvalue weighted by molar-refractivity contribution is -0.119. The third kappa shape index (κ3) is 4.46. The minimum Gasteiger partial charge on any atom is -0.485 e. The van der Waals surface area contributed by atoms with Crippen LogP contribution in [0.3, 0.4) is 0 Å². The number of aryl methyl sites for hydroxylation is 2. The number of aromatic nitrogens is 1. The van der Waals surface area contributed by atoms with E-state index in [2.05, 4.69) is 35.1 Å². The lowest BCUT2D eigenvalue weighted by Gasteiger charge is -2.14. The molecule has 4 aromatic rings. The molecule has 0 aliphatic carbocycles. The number of hydrogen-bond donors (Lipinski definition) is 1. The van der Waals surface area contributed by atoms with Crippen LogP contribution in [0.2, 0.25) is 0 Å². The predicted molar refractivity (Wildman–Crippen MR) is 120 cm³/mol. The summed E-state index contributed by atoms with van der Waals surface area (Å²) in [6.45, 7) is 4.19. The zero-order valence-corrected chi connectivity index (χ0v) is 17.3. The van der Waals surface area contributed by atoms with Gasteiger partial charge in [-0.15, -0.1) is 11.3 Å². The van der Waals surface area contributed by atoms with Gasteiger partial charge in [0.05, 0.1) is 0 Å². The molecular formula is C24H22N2O2S. The average Bonchev–Trinajstić information content (AvgIpc) is 3.38. The van der Waals surface area contributed by atoms with E-state index in [1.54, 1.807) is 17.6 Å². The van der Waals surface area contributed by atoms with E-state index >= 15 is 0 Å². The summed E-state index contributed by atoms with van der Waals surface area (Å²) in [6, 6.07) is 16.3. The van der Waals surface area contributed by atoms with E-state index in [4.69, 9.17) is 4.74 Å². The van der Waals surface area contributed by atoms with Gasteiger partial charge in [-0.1, -0.05) is 24.3 Å². The molecule has 0 saturated carbocycles. The van der Waals surface area contributed by atoms with Crippen molar-refractivity contribution in [3.05, 3.63) is 76.8 Å². The molecule has 2 aromatic heterocycles. The molecule has 0 unspecified atom stereocenters. The van der Waals surface area contributed by atoms with Gasteiger partial charge in [0.1, 0.15) is 18.9 Å². The van der Waals surface area contributed by atoms with Crippen molar-refractivity contribution in [3.63, 3.8) is 0 Å². The van der Waals surface area contributed by atoms with Crippen LogP contribution < -0.4 is 4.74 Å². The standard InChI is InChI=1S/C24H22N2O2S/c1-16-10-17(2)24(21(11-16)23-4-3-9-29-23)28-15-20(27)14-25-13-18-5-6-19-7-8-26-22(19)12-18/h3-13,26H,14-15H2,1-2H3. The molecule has 0 aliphatic rings. The Kier molecular flexibility index (Phi) is 5.58. The number of aliphatic imine (C=N–C) groups is 1. The highest BCUT2D eigenvalue weighted by atomic mass is 32.1. The second-order valence-corrected chi connectivity index (χ2v) is 8.00. The van der Waals surface area contributed by atoms with E-state index in [0.717, 1.165) is 38.2 Å². The fourth-order valence-electron chi connectivity index (χ4n) is 3.36. The molecule has 0 spiro atoms. The number of fused-ring (bicyclic) bond motifs is 1. The number of hydrogen-bond acceptors (Lipinski definition) is 4. The first-order chi connectivity index (χ1) is 14.1. The van der Waals surface area contributed by atoms with Crippen LogP contribution in [0.4, 0.5) is 0 Å². The summed E-state index contributed by atoms with van der Waals surface area (Å²) in [5.74, 6) is 0.715. The van der Waals surface area contributed by atoms with Crippen molar-refractivity contribution in [1.29, 1.82) is 0 Å². The summed E-state index contributed by atoms with van der Waals surface area (Å²) in [7, 11) is 0. The normalized spacial score (nSPS) is 11.4. The summed E-state index contributed by atoms with van der Waals surface area (Å²) in [4.78, 5) is 20.9. The molecule has 0 amide bonds. The largest absolute Gasteiger partial charge is 0.485 e. The van der Waals surface area contributed by atoms with Crippen LogP contribution in [0.15, 0.2) is 65.1 Å². The molecule has 0 saturated heterocycles. The first kappa shape index (κ1) is 19.2. The molecule has 5 heteroatoms. The number of benzene rings is 2. The Balaban J connectivity index is 1.41. The Bertz CT molecular complexity index is 1170. The molecule has 1 N–H and O–H groups in total. The first-order valence-corrected chi connectivity index (χ1v) is 10.3. The van der Waals surface area contributed by atoms with E-state index in [9.17, 15) is 4.79 Å². The average molecular weight is 403 g/mol. The third-order valence-corrected chi connectivity index (χ3v) is 5.57. The number of thiophene rings is 1. The van der Waals surface area contributed by atoms with Gasteiger partial charge in [0.15, 0.2) is 5.78 Å². The van der Waals surface area contributed by atoms with E-state index in [0.29, 0.717) is 0 Å². The summed E-state index contributed by atoms with van der Waals surface area (Å²) in [5.41, 5.74) is 5.26. The molecule has 4 nitrogen and oxygen atoms in total. The zero-order chi connectivity index (χ0) is 20.2. The van der Waals surface area contributed by atoms with Crippen LogP contribution in [0.5, 0.6) is 5.75 Å². The Morgan fingerprint density at radius 2 is 2.07 bits per heavy atom. The topological polar surface area (TPSA) is 54.4 Å². The number of carbonyl (C=O) groups is 1. The summed E-state index contributed by atoms with van der Waals surface area (Å²) in [6.07, 6.45) is 3.64. The smallest absolute Gasteiger partial charge is 0.191 e. The van der Waals surface area contributed by atoms with Crippen molar-refractivity contribution in [2.75, 3.05) is 13.2 Å². The van der Waals surface area contributed by atoms with Crippen molar-refractivity contribution in [2.24, 2.45) is 4.99 Å². The van der Waals surface area contributed by atoms with Gasteiger partial charge in [-0.2, -0.15) is 0 Å². The predicted octanol–water partition coefficient (Wildman–Crippen LogP) is 5.58. The van der Waals surface area contributed by atoms with Crippen molar-refractivity contribution in [2.45, 2.75) is 13.8 Å². The van der Waals surface area contributed by atoms with Crippen LogP contribution in [0.1, 0.15) is 16.7 Å². The van der Waals surface area contributed by atoms with Crippen LogP contribution in [0.25, 0.3) is 21.3 Å². The molecule has 0 fully saturated rings. The number of nitrogens with one attached hydrogen (secondary N) is 1. The quantitative estimate of drug-likeness (QED) is 0.410. The third-order valence-electron chi connectivity index (χ3n) is 4.67. The van der Waals surface area contributed by atoms with Gasteiger partial charge < -0.3 is 9.72 Å². The van der Waals surface area contributed by atoms with Crippen molar-refractivity contribution < 1.29 is 9.53 Å². The molecule has 2 aromatic carbocycles. The van der Waals surface area contributed by atoms with Gasteiger partial charge in [-0.3, -0.25) is 9.79 Å². The Morgan fingerprint density at radius 1 is 1.17 bits per heavy atom. The number of ether oxygens (including phenoxy) is 1. The molecule has 0 atom stereocenters. The fourth-order valence-corrected chi connectivity index (χ4v) is 4.10. The Labute approximate surface area is 173 Å². The van der Waals surface area contributed by atoms with Crippen molar-refractivity contribution in [3.8, 4) is 16.2 Å². The maximum atomic E-state index is 12.3. The minimum atomic E-state index is -0.0562. The number of aromatic amines is 1. The highest BCUT2D eigenvalue weighted by Crippen LogP contribution is 2.36. The van der Waals surface area contributed by atoms with E-state index < -0.39 is 0 Å². The monoisotopic (exact) mass is 402 g/mol. The molecule has 0 bridgehead atoms. The summed E-state index contributed by atoms with van der Waals surface area (Å²) < 4.78 is 5.94. The highest BCUT2D eigenvalue weighted by molar-refractivity contribution is 7.13. The molecular weight excluding hydrogens is 380 g/mol. The van der Waals surface area contributed by atoms with Crippen LogP contribution in [0, 0.1) is 13.8 Å². The minimum absolute atomic E-state index is 0.00921. The number of nitrogens with zero attached hydrogens (tertiary/aromatic N) is 1. The van der Waals surface area contributed by atoms with E-state index in [-0.39, 0.29) is 18.9 Å². The SMILES string of the molecule is Cc1cc(C)c(OCC(=O)CN=Cc2ccc3cc[nH]c3c2)c(-c2cccs2)c1. The number of carbonyl (C=O) groups excluding carboxylic acids is 1. The van der Waals surface area contributed by atoms with Gasteiger partial charge in [-0.25, -0.2) is 0 Å². The molecule has 4 rings (SSSR count). The number of ketones is 1. The van der Waals surface area contributed by atoms with Crippen LogP contribution >= 0.6 is 11.3 Å². The lowest BCUT2D eigenvalue weighted by atomic mass is 10.0. The molecule has 0 radical (unpaired) electrons. The van der Waals surface area contributed by atoms with Crippen molar-refractivity contribution >= 4 is 34.2 Å². The Morgan fingerprint density at radius 3 is 2.90 bits per heavy atom. The van der Waals surface area contributed by atoms with Crippen LogP contribution in [-0.4, -0.2) is 30.1 Å². The molecule has 146 valence electrons. The van der Waals surface area contributed by atoms with E-state index in [1.165, 1.54) is 5.56 Å². The number of Topliss-reactive ketones (excluding diaryl/α,β-unsaturated/α-hetero) is 1. The van der Waals surface area contributed by atoms with Gasteiger partial charge >= 0.3 is 0 Å². The molecule has 2 heterocycles. The van der Waals surface area contributed by atoms with Crippen molar-refractivity contribution in [1.82, 2.24) is 4.98 Å². The zero-order valence-electron chi connectivity index (χ0n) is 16.4. The van der Waals surface area contributed by atoms with Crippen LogP contribution in [-0.2, 0) is 4.79 Å². The number of H-pyrrole nitrogens is 1. The van der Waals surface area contributed by atoms with Gasteiger partial charge in [-0.05, 0) is 65.6 Å². The Hall–Kier alpha value is -3.18. The molecule has 29 heavy (non-hydrogen) atoms. The second-order valence-electron chi connectivity index (χ2n) is 7.06. The number of rotatable bonds is 7. The second kappa shape index (κ2) is 8.45. The summed E-state index contributed by atoms with van der Waals surface area (Å²) >= 11 is 1.66. The molecule has 0 aliphatic heterocycles. The summed E-state index contributed by atoms with van der Waals surface area (Å²) in [5, 5.41) is 3.20. The van der Waals surface area contributed by atoms with E-state index in [1.807, 2.05) is 48.8 Å². The highest BCUT2D eigenvalue weighted by Gasteiger charge is 2.13. The maximum absolute atomic E-state index is 12.3. The fraction of sp³-hybridized carbons (Fsp3) is 0.167. The lowest BCUT2D eigenvalue weighted by Crippen LogP contribution is -2.15. The first-order valence-electron chi connectivity index (χ1n) is 9.47. The van der Waals surface area contributed by atoms with Gasteiger partial charge in [0, 0.05) is 28.4 Å². The maximum Gasteiger partial charge on any atom is 0.191 e. The van der Waals surface area contributed by atoms with Gasteiger partial charge in [0.25, 0.3) is 0 Å².